The predicted molar refractivity (Wildman–Crippen MR) is 102 cm³/mol. The van der Waals surface area contributed by atoms with Crippen molar-refractivity contribution < 1.29 is 18.7 Å². The number of hydrogen-bond donors (Lipinski definition) is 0. The van der Waals surface area contributed by atoms with Gasteiger partial charge in [0.05, 0.1) is 6.61 Å². The summed E-state index contributed by atoms with van der Waals surface area (Å²) < 4.78 is 19.5. The lowest BCUT2D eigenvalue weighted by Crippen LogP contribution is -2.58. The Bertz CT molecular complexity index is 725. The minimum atomic E-state index is -0.712. The first-order valence-corrected chi connectivity index (χ1v) is 10.2. The first-order valence-electron chi connectivity index (χ1n) is 10.2. The van der Waals surface area contributed by atoms with Crippen LogP contribution in [0, 0.1) is 5.82 Å². The van der Waals surface area contributed by atoms with Crippen LogP contribution in [0.4, 0.5) is 4.39 Å². The Morgan fingerprint density at radius 1 is 1.04 bits per heavy atom. The number of hydrogen-bond acceptors (Lipinski definition) is 4. The third-order valence-electron chi connectivity index (χ3n) is 6.31. The van der Waals surface area contributed by atoms with Gasteiger partial charge in [-0.3, -0.25) is 14.5 Å². The molecule has 4 rings (SSSR count). The smallest absolute Gasteiger partial charge is 0.256 e. The average molecular weight is 389 g/mol. The van der Waals surface area contributed by atoms with E-state index in [9.17, 15) is 14.0 Å². The summed E-state index contributed by atoms with van der Waals surface area (Å²) >= 11 is 0. The molecule has 1 aromatic carbocycles. The zero-order chi connectivity index (χ0) is 19.7. The molecule has 2 saturated heterocycles. The number of likely N-dealkylation sites (N-methyl/N-ethyl adjacent to an activating group) is 1. The van der Waals surface area contributed by atoms with E-state index in [1.807, 2.05) is 11.9 Å². The molecular weight excluding hydrogens is 361 g/mol. The van der Waals surface area contributed by atoms with Crippen molar-refractivity contribution in [3.63, 3.8) is 0 Å². The van der Waals surface area contributed by atoms with Gasteiger partial charge in [0.1, 0.15) is 17.6 Å². The molecule has 0 unspecified atom stereocenters. The number of piperazine rings is 1. The van der Waals surface area contributed by atoms with Gasteiger partial charge >= 0.3 is 0 Å². The molecule has 6 nitrogen and oxygen atoms in total. The zero-order valence-corrected chi connectivity index (χ0v) is 16.4. The fourth-order valence-electron chi connectivity index (χ4n) is 4.63. The molecule has 152 valence electrons. The molecule has 0 radical (unpaired) electrons. The maximum absolute atomic E-state index is 13.4. The summed E-state index contributed by atoms with van der Waals surface area (Å²) in [4.78, 5) is 32.5. The highest BCUT2D eigenvalue weighted by Crippen LogP contribution is 2.41. The molecule has 1 aliphatic carbocycles. The van der Waals surface area contributed by atoms with Crippen LogP contribution in [-0.4, -0.2) is 78.1 Å². The second-order valence-electron chi connectivity index (χ2n) is 8.14. The summed E-state index contributed by atoms with van der Waals surface area (Å²) in [7, 11) is 2.04. The summed E-state index contributed by atoms with van der Waals surface area (Å²) in [5, 5.41) is 0. The van der Waals surface area contributed by atoms with Crippen LogP contribution in [0.25, 0.3) is 0 Å². The molecule has 3 aliphatic rings. The Hall–Kier alpha value is -1.99. The first kappa shape index (κ1) is 19.3. The van der Waals surface area contributed by atoms with E-state index in [1.165, 1.54) is 24.3 Å². The van der Waals surface area contributed by atoms with Crippen molar-refractivity contribution in [3.05, 3.63) is 35.6 Å². The van der Waals surface area contributed by atoms with Crippen LogP contribution in [0.1, 0.15) is 42.5 Å². The van der Waals surface area contributed by atoms with Gasteiger partial charge in [-0.15, -0.1) is 0 Å². The standard InChI is InChI=1S/C21H28FN3O3/c1-23-11-13-24(14-12-23)20(27)18-15-28-21(9-3-2-4-10-21)25(18)19(26)16-5-7-17(22)8-6-16/h5-8,18H,2-4,9-15H2,1H3/t18-/m1/s1. The van der Waals surface area contributed by atoms with Crippen LogP contribution in [0.15, 0.2) is 24.3 Å². The monoisotopic (exact) mass is 389 g/mol. The summed E-state index contributed by atoms with van der Waals surface area (Å²) in [6, 6.07) is 4.94. The number of halogens is 1. The third-order valence-corrected chi connectivity index (χ3v) is 6.31. The number of nitrogens with zero attached hydrogens (tertiary/aromatic N) is 3. The first-order chi connectivity index (χ1) is 13.5. The highest BCUT2D eigenvalue weighted by Gasteiger charge is 2.53. The van der Waals surface area contributed by atoms with Gasteiger partial charge in [-0.2, -0.15) is 0 Å². The van der Waals surface area contributed by atoms with Gasteiger partial charge in [0.2, 0.25) is 5.91 Å². The molecule has 2 aliphatic heterocycles. The number of ether oxygens (including phenoxy) is 1. The van der Waals surface area contributed by atoms with Crippen LogP contribution in [-0.2, 0) is 9.53 Å². The summed E-state index contributed by atoms with van der Waals surface area (Å²) in [6.07, 6.45) is 4.55. The number of rotatable bonds is 2. The Morgan fingerprint density at radius 2 is 1.68 bits per heavy atom. The van der Waals surface area contributed by atoms with Gasteiger partial charge in [0.25, 0.3) is 5.91 Å². The lowest BCUT2D eigenvalue weighted by molar-refractivity contribution is -0.138. The van der Waals surface area contributed by atoms with Crippen molar-refractivity contribution in [2.24, 2.45) is 0 Å². The highest BCUT2D eigenvalue weighted by molar-refractivity contribution is 5.98. The molecule has 0 aromatic heterocycles. The molecule has 7 heteroatoms. The number of carbonyl (C=O) groups excluding carboxylic acids is 2. The summed E-state index contributed by atoms with van der Waals surface area (Å²) in [6.45, 7) is 3.22. The number of carbonyl (C=O) groups is 2. The van der Waals surface area contributed by atoms with E-state index in [0.29, 0.717) is 18.7 Å². The van der Waals surface area contributed by atoms with E-state index in [1.54, 1.807) is 4.90 Å². The molecule has 0 N–H and O–H groups in total. The van der Waals surface area contributed by atoms with E-state index >= 15 is 0 Å². The second-order valence-corrected chi connectivity index (χ2v) is 8.14. The van der Waals surface area contributed by atoms with Crippen LogP contribution in [0.2, 0.25) is 0 Å². The van der Waals surface area contributed by atoms with E-state index in [2.05, 4.69) is 4.90 Å². The van der Waals surface area contributed by atoms with Gasteiger partial charge in [0, 0.05) is 31.7 Å². The highest BCUT2D eigenvalue weighted by atomic mass is 19.1. The molecule has 1 spiro atoms. The van der Waals surface area contributed by atoms with Gasteiger partial charge in [-0.25, -0.2) is 4.39 Å². The largest absolute Gasteiger partial charge is 0.353 e. The Balaban J connectivity index is 1.62. The molecule has 1 atom stereocenters. The molecule has 0 bridgehead atoms. The van der Waals surface area contributed by atoms with Crippen molar-refractivity contribution in [1.82, 2.24) is 14.7 Å². The average Bonchev–Trinajstić information content (AvgIpc) is 3.07. The second kappa shape index (κ2) is 7.79. The van der Waals surface area contributed by atoms with Crippen LogP contribution < -0.4 is 0 Å². The fraction of sp³-hybridized carbons (Fsp3) is 0.619. The van der Waals surface area contributed by atoms with E-state index in [0.717, 1.165) is 45.2 Å². The van der Waals surface area contributed by atoms with Gasteiger partial charge in [0.15, 0.2) is 0 Å². The lowest BCUT2D eigenvalue weighted by atomic mass is 9.89. The van der Waals surface area contributed by atoms with Crippen molar-refractivity contribution in [2.75, 3.05) is 39.8 Å². The Morgan fingerprint density at radius 3 is 2.32 bits per heavy atom. The minimum Gasteiger partial charge on any atom is -0.353 e. The molecule has 2 amide bonds. The fourth-order valence-corrected chi connectivity index (χ4v) is 4.63. The lowest BCUT2D eigenvalue weighted by Gasteiger charge is -2.42. The third kappa shape index (κ3) is 3.53. The van der Waals surface area contributed by atoms with Crippen molar-refractivity contribution in [2.45, 2.75) is 43.9 Å². The predicted octanol–water partition coefficient (Wildman–Crippen LogP) is 2.10. The number of amides is 2. The maximum atomic E-state index is 13.4. The molecular formula is C21H28FN3O3. The molecule has 1 aromatic rings. The van der Waals surface area contributed by atoms with Crippen molar-refractivity contribution in [1.29, 1.82) is 0 Å². The minimum absolute atomic E-state index is 0.0361. The molecule has 1 saturated carbocycles. The van der Waals surface area contributed by atoms with Gasteiger partial charge in [-0.1, -0.05) is 6.42 Å². The van der Waals surface area contributed by atoms with Crippen LogP contribution in [0.3, 0.4) is 0 Å². The summed E-state index contributed by atoms with van der Waals surface area (Å²) in [5.74, 6) is -0.662. The Labute approximate surface area is 165 Å². The molecule has 28 heavy (non-hydrogen) atoms. The summed E-state index contributed by atoms with van der Waals surface area (Å²) in [5.41, 5.74) is -0.315. The zero-order valence-electron chi connectivity index (χ0n) is 16.4. The van der Waals surface area contributed by atoms with Crippen molar-refractivity contribution >= 4 is 11.8 Å². The Kier molecular flexibility index (Phi) is 5.38. The van der Waals surface area contributed by atoms with E-state index < -0.39 is 11.8 Å². The maximum Gasteiger partial charge on any atom is 0.256 e. The van der Waals surface area contributed by atoms with Gasteiger partial charge < -0.3 is 14.5 Å². The van der Waals surface area contributed by atoms with E-state index in [-0.39, 0.29) is 24.2 Å². The molecule has 2 heterocycles. The van der Waals surface area contributed by atoms with Crippen LogP contribution >= 0.6 is 0 Å². The van der Waals surface area contributed by atoms with Gasteiger partial charge in [-0.05, 0) is 57.0 Å². The quantitative estimate of drug-likeness (QED) is 0.777. The van der Waals surface area contributed by atoms with E-state index in [4.69, 9.17) is 4.74 Å². The number of benzene rings is 1. The molecule has 3 fully saturated rings. The SMILES string of the molecule is CN1CCN(C(=O)[C@H]2COC3(CCCCC3)N2C(=O)c2ccc(F)cc2)CC1. The van der Waals surface area contributed by atoms with Crippen LogP contribution in [0.5, 0.6) is 0 Å². The topological polar surface area (TPSA) is 53.1 Å². The normalized spacial score (nSPS) is 25.3. The van der Waals surface area contributed by atoms with Crippen molar-refractivity contribution in [3.8, 4) is 0 Å².